The monoisotopic (exact) mass is 333 g/mol. The molecular formula is C17H20BrNO. The molecule has 0 aromatic heterocycles. The number of halogens is 1. The van der Waals surface area contributed by atoms with Gasteiger partial charge in [-0.3, -0.25) is 0 Å². The predicted octanol–water partition coefficient (Wildman–Crippen LogP) is 4.66. The lowest BCUT2D eigenvalue weighted by atomic mass is 10.1. The molecule has 2 nitrogen and oxygen atoms in total. The van der Waals surface area contributed by atoms with Crippen LogP contribution in [0.3, 0.4) is 0 Å². The Morgan fingerprint density at radius 3 is 2.60 bits per heavy atom. The van der Waals surface area contributed by atoms with Gasteiger partial charge in [0.2, 0.25) is 0 Å². The molecule has 3 heteroatoms. The van der Waals surface area contributed by atoms with E-state index in [4.69, 9.17) is 10.5 Å². The van der Waals surface area contributed by atoms with Crippen molar-refractivity contribution in [3.05, 3.63) is 63.1 Å². The summed E-state index contributed by atoms with van der Waals surface area (Å²) in [7, 11) is 0. The van der Waals surface area contributed by atoms with Crippen LogP contribution in [0.25, 0.3) is 0 Å². The van der Waals surface area contributed by atoms with Crippen molar-refractivity contribution in [1.82, 2.24) is 0 Å². The van der Waals surface area contributed by atoms with Crippen molar-refractivity contribution >= 4 is 15.9 Å². The summed E-state index contributed by atoms with van der Waals surface area (Å²) in [6.45, 7) is 6.72. The van der Waals surface area contributed by atoms with Gasteiger partial charge >= 0.3 is 0 Å². The predicted molar refractivity (Wildman–Crippen MR) is 87.0 cm³/mol. The van der Waals surface area contributed by atoms with Crippen LogP contribution in [0.1, 0.15) is 35.2 Å². The number of hydrogen-bond acceptors (Lipinski definition) is 2. The van der Waals surface area contributed by atoms with Crippen LogP contribution in [0.15, 0.2) is 40.9 Å². The third-order valence-electron chi connectivity index (χ3n) is 3.35. The van der Waals surface area contributed by atoms with Crippen LogP contribution >= 0.6 is 15.9 Å². The molecule has 0 spiro atoms. The van der Waals surface area contributed by atoms with Gasteiger partial charge in [-0.05, 0) is 44.0 Å². The number of nitrogens with two attached hydrogens (primary N) is 1. The number of aryl methyl sites for hydroxylation is 2. The van der Waals surface area contributed by atoms with Gasteiger partial charge in [0, 0.05) is 16.1 Å². The summed E-state index contributed by atoms with van der Waals surface area (Å²) < 4.78 is 6.99. The fourth-order valence-corrected chi connectivity index (χ4v) is 2.46. The maximum Gasteiger partial charge on any atom is 0.125 e. The summed E-state index contributed by atoms with van der Waals surface area (Å²) in [5, 5.41) is 0. The Balaban J connectivity index is 2.22. The Bertz CT molecular complexity index is 608. The van der Waals surface area contributed by atoms with Crippen molar-refractivity contribution in [1.29, 1.82) is 0 Å². The van der Waals surface area contributed by atoms with E-state index in [9.17, 15) is 0 Å². The highest BCUT2D eigenvalue weighted by atomic mass is 79.9. The van der Waals surface area contributed by atoms with Gasteiger partial charge in [-0.25, -0.2) is 0 Å². The third-order valence-corrected chi connectivity index (χ3v) is 3.85. The maximum absolute atomic E-state index is 5.99. The molecule has 20 heavy (non-hydrogen) atoms. The number of ether oxygens (including phenoxy) is 1. The van der Waals surface area contributed by atoms with Gasteiger partial charge in [-0.15, -0.1) is 0 Å². The van der Waals surface area contributed by atoms with Crippen molar-refractivity contribution in [2.45, 2.75) is 33.4 Å². The Morgan fingerprint density at radius 1 is 1.15 bits per heavy atom. The van der Waals surface area contributed by atoms with E-state index < -0.39 is 0 Å². The van der Waals surface area contributed by atoms with Crippen LogP contribution in [0.4, 0.5) is 0 Å². The number of hydrogen-bond donors (Lipinski definition) is 1. The molecule has 0 saturated heterocycles. The highest BCUT2D eigenvalue weighted by Crippen LogP contribution is 2.28. The molecule has 2 N–H and O–H groups in total. The molecule has 2 rings (SSSR count). The summed E-state index contributed by atoms with van der Waals surface area (Å²) in [4.78, 5) is 0. The molecule has 0 saturated carbocycles. The molecule has 2 aromatic carbocycles. The quantitative estimate of drug-likeness (QED) is 0.882. The molecule has 0 aliphatic rings. The van der Waals surface area contributed by atoms with E-state index in [0.717, 1.165) is 15.8 Å². The molecule has 0 aliphatic heterocycles. The second kappa shape index (κ2) is 6.42. The summed E-state index contributed by atoms with van der Waals surface area (Å²) in [5.74, 6) is 0.843. The van der Waals surface area contributed by atoms with Crippen LogP contribution < -0.4 is 10.5 Å². The van der Waals surface area contributed by atoms with Crippen molar-refractivity contribution in [2.75, 3.05) is 0 Å². The molecule has 2 aromatic rings. The van der Waals surface area contributed by atoms with Crippen molar-refractivity contribution in [3.8, 4) is 5.75 Å². The van der Waals surface area contributed by atoms with E-state index in [2.05, 4.69) is 48.0 Å². The molecule has 0 aliphatic carbocycles. The van der Waals surface area contributed by atoms with Crippen LogP contribution in [0, 0.1) is 13.8 Å². The first kappa shape index (κ1) is 15.1. The zero-order valence-electron chi connectivity index (χ0n) is 12.1. The largest absolute Gasteiger partial charge is 0.489 e. The van der Waals surface area contributed by atoms with Crippen LogP contribution in [-0.2, 0) is 6.61 Å². The highest BCUT2D eigenvalue weighted by Gasteiger charge is 2.09. The van der Waals surface area contributed by atoms with Crippen molar-refractivity contribution in [3.63, 3.8) is 0 Å². The smallest absolute Gasteiger partial charge is 0.125 e. The lowest BCUT2D eigenvalue weighted by Crippen LogP contribution is -2.08. The van der Waals surface area contributed by atoms with E-state index in [-0.39, 0.29) is 6.04 Å². The van der Waals surface area contributed by atoms with Crippen LogP contribution in [-0.4, -0.2) is 0 Å². The third kappa shape index (κ3) is 3.62. The van der Waals surface area contributed by atoms with Crippen molar-refractivity contribution in [2.24, 2.45) is 5.73 Å². The lowest BCUT2D eigenvalue weighted by Gasteiger charge is -2.15. The summed E-state index contributed by atoms with van der Waals surface area (Å²) in [6.07, 6.45) is 0. The molecule has 0 bridgehead atoms. The van der Waals surface area contributed by atoms with Crippen LogP contribution in [0.5, 0.6) is 5.75 Å². The fraction of sp³-hybridized carbons (Fsp3) is 0.294. The van der Waals surface area contributed by atoms with Gasteiger partial charge in [-0.2, -0.15) is 0 Å². The van der Waals surface area contributed by atoms with Gasteiger partial charge < -0.3 is 10.5 Å². The van der Waals surface area contributed by atoms with Crippen molar-refractivity contribution < 1.29 is 4.74 Å². The first-order chi connectivity index (χ1) is 9.47. The lowest BCUT2D eigenvalue weighted by molar-refractivity contribution is 0.300. The summed E-state index contributed by atoms with van der Waals surface area (Å²) >= 11 is 3.48. The minimum Gasteiger partial charge on any atom is -0.489 e. The van der Waals surface area contributed by atoms with Gasteiger partial charge in [-0.1, -0.05) is 45.8 Å². The van der Waals surface area contributed by atoms with E-state index >= 15 is 0 Å². The summed E-state index contributed by atoms with van der Waals surface area (Å²) in [6, 6.07) is 12.3. The van der Waals surface area contributed by atoms with Gasteiger partial charge in [0.1, 0.15) is 12.4 Å². The topological polar surface area (TPSA) is 35.2 Å². The fourth-order valence-electron chi connectivity index (χ4n) is 2.12. The van der Waals surface area contributed by atoms with E-state index in [0.29, 0.717) is 6.61 Å². The summed E-state index contributed by atoms with van der Waals surface area (Å²) in [5.41, 5.74) is 10.7. The normalized spacial score (nSPS) is 12.2. The first-order valence-electron chi connectivity index (χ1n) is 6.71. The van der Waals surface area contributed by atoms with Gasteiger partial charge in [0.05, 0.1) is 0 Å². The average molecular weight is 334 g/mol. The van der Waals surface area contributed by atoms with E-state index in [1.54, 1.807) is 0 Å². The zero-order chi connectivity index (χ0) is 14.7. The van der Waals surface area contributed by atoms with E-state index in [1.807, 2.05) is 25.1 Å². The minimum absolute atomic E-state index is 0.0447. The molecule has 0 fully saturated rings. The molecular weight excluding hydrogens is 314 g/mol. The molecule has 0 radical (unpaired) electrons. The van der Waals surface area contributed by atoms with Gasteiger partial charge in [0.25, 0.3) is 0 Å². The minimum atomic E-state index is -0.0447. The highest BCUT2D eigenvalue weighted by molar-refractivity contribution is 9.10. The zero-order valence-corrected chi connectivity index (χ0v) is 13.7. The Labute approximate surface area is 129 Å². The SMILES string of the molecule is Cc1ccc(C)c(COc2cc(Br)ccc2[C@@H](C)N)c1. The Morgan fingerprint density at radius 2 is 1.90 bits per heavy atom. The second-order valence-corrected chi connectivity index (χ2v) is 6.11. The molecule has 0 heterocycles. The Hall–Kier alpha value is -1.32. The van der Waals surface area contributed by atoms with Gasteiger partial charge in [0.15, 0.2) is 0 Å². The van der Waals surface area contributed by atoms with E-state index in [1.165, 1.54) is 16.7 Å². The molecule has 0 amide bonds. The standard InChI is InChI=1S/C17H20BrNO/c1-11-4-5-12(2)14(8-11)10-20-17-9-15(18)6-7-16(17)13(3)19/h4-9,13H,10,19H2,1-3H3/t13-/m1/s1. The second-order valence-electron chi connectivity index (χ2n) is 5.19. The number of rotatable bonds is 4. The average Bonchev–Trinajstić information content (AvgIpc) is 2.39. The molecule has 0 unspecified atom stereocenters. The molecule has 1 atom stereocenters. The maximum atomic E-state index is 5.99. The Kier molecular flexibility index (Phi) is 4.84. The van der Waals surface area contributed by atoms with Crippen LogP contribution in [0.2, 0.25) is 0 Å². The number of benzene rings is 2. The molecule has 106 valence electrons. The first-order valence-corrected chi connectivity index (χ1v) is 7.50.